The van der Waals surface area contributed by atoms with Crippen LogP contribution in [0.4, 0.5) is 0 Å². The van der Waals surface area contributed by atoms with E-state index < -0.39 is 0 Å². The Morgan fingerprint density at radius 2 is 2.10 bits per heavy atom. The number of oxime groups is 1. The van der Waals surface area contributed by atoms with E-state index in [0.717, 1.165) is 17.0 Å². The van der Waals surface area contributed by atoms with Crippen LogP contribution in [0.15, 0.2) is 45.1 Å². The van der Waals surface area contributed by atoms with Crippen LogP contribution in [0.5, 0.6) is 0 Å². The van der Waals surface area contributed by atoms with Gasteiger partial charge in [0.25, 0.3) is 5.22 Å². The van der Waals surface area contributed by atoms with E-state index in [2.05, 4.69) is 10.1 Å². The van der Waals surface area contributed by atoms with Crippen molar-refractivity contribution in [2.24, 2.45) is 10.9 Å². The summed E-state index contributed by atoms with van der Waals surface area (Å²) < 4.78 is 5.59. The van der Waals surface area contributed by atoms with Gasteiger partial charge >= 0.3 is 0 Å². The summed E-state index contributed by atoms with van der Waals surface area (Å²) in [5.41, 5.74) is 7.59. The predicted molar refractivity (Wildman–Crippen MR) is 79.0 cm³/mol. The second-order valence-corrected chi connectivity index (χ2v) is 5.59. The van der Waals surface area contributed by atoms with Crippen molar-refractivity contribution >= 4 is 17.6 Å². The average Bonchev–Trinajstić information content (AvgIpc) is 2.77. The molecule has 0 aliphatic heterocycles. The number of amidine groups is 1. The zero-order chi connectivity index (χ0) is 14.5. The van der Waals surface area contributed by atoms with Crippen LogP contribution in [0.1, 0.15) is 28.7 Å². The summed E-state index contributed by atoms with van der Waals surface area (Å²) in [6, 6.07) is 9.88. The molecule has 0 amide bonds. The number of aryl methyl sites for hydroxylation is 2. The predicted octanol–water partition coefficient (Wildman–Crippen LogP) is 3.26. The molecule has 0 spiro atoms. The first-order valence-electron chi connectivity index (χ1n) is 6.22. The molecule has 106 valence electrons. The van der Waals surface area contributed by atoms with Gasteiger partial charge in [-0.3, -0.25) is 0 Å². The maximum atomic E-state index is 8.76. The monoisotopic (exact) mass is 291 g/mol. The molecule has 5 nitrogen and oxygen atoms in total. The van der Waals surface area contributed by atoms with E-state index in [1.165, 1.54) is 11.8 Å². The molecule has 1 aromatic heterocycles. The van der Waals surface area contributed by atoms with Gasteiger partial charge in [0.15, 0.2) is 0 Å². The fraction of sp³-hybridized carbons (Fsp3) is 0.286. The third kappa shape index (κ3) is 3.54. The Kier molecular flexibility index (Phi) is 4.68. The van der Waals surface area contributed by atoms with E-state index in [0.29, 0.717) is 11.6 Å². The molecule has 20 heavy (non-hydrogen) atoms. The van der Waals surface area contributed by atoms with E-state index in [1.54, 1.807) is 0 Å². The maximum absolute atomic E-state index is 8.76. The summed E-state index contributed by atoms with van der Waals surface area (Å²) >= 11 is 1.47. The number of hydrogen-bond donors (Lipinski definition) is 2. The summed E-state index contributed by atoms with van der Waals surface area (Å²) in [5.74, 6) is 0.995. The molecule has 0 saturated heterocycles. The quantitative estimate of drug-likeness (QED) is 0.290. The number of aromatic nitrogens is 1. The highest BCUT2D eigenvalue weighted by Gasteiger charge is 2.19. The second-order valence-electron chi connectivity index (χ2n) is 4.43. The van der Waals surface area contributed by atoms with Crippen molar-refractivity contribution < 1.29 is 9.62 Å². The van der Waals surface area contributed by atoms with Crippen molar-refractivity contribution in [3.63, 3.8) is 0 Å². The number of oxazole rings is 1. The van der Waals surface area contributed by atoms with Crippen LogP contribution in [-0.2, 0) is 0 Å². The third-order valence-electron chi connectivity index (χ3n) is 2.95. The SMILES string of the molecule is Cc1nc(SC(C/C(N)=N/O)c2ccccc2)oc1C. The van der Waals surface area contributed by atoms with Gasteiger partial charge < -0.3 is 15.4 Å². The molecule has 6 heteroatoms. The second kappa shape index (κ2) is 6.47. The lowest BCUT2D eigenvalue weighted by Crippen LogP contribution is -2.14. The van der Waals surface area contributed by atoms with Crippen molar-refractivity contribution in [1.82, 2.24) is 4.98 Å². The first-order chi connectivity index (χ1) is 9.60. The van der Waals surface area contributed by atoms with Gasteiger partial charge in [-0.25, -0.2) is 4.98 Å². The van der Waals surface area contributed by atoms with Crippen molar-refractivity contribution in [2.45, 2.75) is 30.7 Å². The Balaban J connectivity index is 2.22. The minimum atomic E-state index is -0.00968. The number of benzene rings is 1. The molecule has 0 fully saturated rings. The molecule has 1 atom stereocenters. The third-order valence-corrected chi connectivity index (χ3v) is 4.05. The molecular weight excluding hydrogens is 274 g/mol. The molecule has 2 aromatic rings. The summed E-state index contributed by atoms with van der Waals surface area (Å²) in [4.78, 5) is 4.36. The van der Waals surface area contributed by atoms with Crippen LogP contribution in [0.2, 0.25) is 0 Å². The molecule has 1 heterocycles. The number of nitrogens with two attached hydrogens (primary N) is 1. The molecular formula is C14H17N3O2S. The Hall–Kier alpha value is -1.95. The smallest absolute Gasteiger partial charge is 0.256 e. The molecule has 0 radical (unpaired) electrons. The van der Waals surface area contributed by atoms with E-state index in [4.69, 9.17) is 15.4 Å². The highest BCUT2D eigenvalue weighted by atomic mass is 32.2. The number of thioether (sulfide) groups is 1. The van der Waals surface area contributed by atoms with Crippen molar-refractivity contribution in [1.29, 1.82) is 0 Å². The molecule has 2 rings (SSSR count). The first kappa shape index (κ1) is 14.5. The minimum absolute atomic E-state index is 0.00968. The maximum Gasteiger partial charge on any atom is 0.256 e. The first-order valence-corrected chi connectivity index (χ1v) is 7.10. The van der Waals surface area contributed by atoms with Crippen LogP contribution >= 0.6 is 11.8 Å². The molecule has 3 N–H and O–H groups in total. The van der Waals surface area contributed by atoms with Crippen molar-refractivity contribution in [3.8, 4) is 0 Å². The largest absolute Gasteiger partial charge is 0.437 e. The van der Waals surface area contributed by atoms with Crippen LogP contribution in [0.25, 0.3) is 0 Å². The highest BCUT2D eigenvalue weighted by Crippen LogP contribution is 2.37. The number of nitrogens with zero attached hydrogens (tertiary/aromatic N) is 2. The van der Waals surface area contributed by atoms with Gasteiger partial charge in [-0.15, -0.1) is 0 Å². The van der Waals surface area contributed by atoms with Gasteiger partial charge in [0, 0.05) is 11.7 Å². The Labute approximate surface area is 121 Å². The van der Waals surface area contributed by atoms with Crippen LogP contribution in [-0.4, -0.2) is 16.0 Å². The van der Waals surface area contributed by atoms with Gasteiger partial charge in [-0.2, -0.15) is 0 Å². The summed E-state index contributed by atoms with van der Waals surface area (Å²) in [6.45, 7) is 3.79. The van der Waals surface area contributed by atoms with Gasteiger partial charge in [-0.05, 0) is 19.4 Å². The van der Waals surface area contributed by atoms with Gasteiger partial charge in [0.05, 0.1) is 5.69 Å². The summed E-state index contributed by atoms with van der Waals surface area (Å²) in [7, 11) is 0. The Morgan fingerprint density at radius 1 is 1.40 bits per heavy atom. The van der Waals surface area contributed by atoms with Gasteiger partial charge in [-0.1, -0.05) is 47.2 Å². The molecule has 0 aliphatic carbocycles. The summed E-state index contributed by atoms with van der Waals surface area (Å²) in [6.07, 6.45) is 0.422. The van der Waals surface area contributed by atoms with Crippen LogP contribution in [0.3, 0.4) is 0 Å². The number of rotatable bonds is 5. The lowest BCUT2D eigenvalue weighted by molar-refractivity contribution is 0.317. The highest BCUT2D eigenvalue weighted by molar-refractivity contribution is 7.99. The van der Waals surface area contributed by atoms with Crippen LogP contribution in [0, 0.1) is 13.8 Å². The minimum Gasteiger partial charge on any atom is -0.437 e. The average molecular weight is 291 g/mol. The molecule has 1 unspecified atom stereocenters. The Bertz CT molecular complexity index is 576. The lowest BCUT2D eigenvalue weighted by atomic mass is 10.1. The zero-order valence-electron chi connectivity index (χ0n) is 11.4. The molecule has 0 saturated carbocycles. The zero-order valence-corrected chi connectivity index (χ0v) is 12.2. The van der Waals surface area contributed by atoms with E-state index >= 15 is 0 Å². The summed E-state index contributed by atoms with van der Waals surface area (Å²) in [5, 5.41) is 12.4. The van der Waals surface area contributed by atoms with Crippen molar-refractivity contribution in [2.75, 3.05) is 0 Å². The van der Waals surface area contributed by atoms with Crippen LogP contribution < -0.4 is 5.73 Å². The Morgan fingerprint density at radius 3 is 2.65 bits per heavy atom. The lowest BCUT2D eigenvalue weighted by Gasteiger charge is -2.14. The standard InChI is InChI=1S/C14H17N3O2S/c1-9-10(2)19-14(16-9)20-12(8-13(15)17-18)11-6-4-3-5-7-11/h3-7,12,18H,8H2,1-2H3,(H2,15,17). The fourth-order valence-corrected chi connectivity index (χ4v) is 2.89. The molecule has 1 aromatic carbocycles. The van der Waals surface area contributed by atoms with Crippen molar-refractivity contribution in [3.05, 3.63) is 47.3 Å². The molecule has 0 aliphatic rings. The fourth-order valence-electron chi connectivity index (χ4n) is 1.74. The van der Waals surface area contributed by atoms with Gasteiger partial charge in [0.1, 0.15) is 11.6 Å². The van der Waals surface area contributed by atoms with Gasteiger partial charge in [0.2, 0.25) is 0 Å². The molecule has 0 bridgehead atoms. The number of hydrogen-bond acceptors (Lipinski definition) is 5. The van der Waals surface area contributed by atoms with E-state index in [1.807, 2.05) is 44.2 Å². The van der Waals surface area contributed by atoms with E-state index in [-0.39, 0.29) is 11.1 Å². The van der Waals surface area contributed by atoms with E-state index in [9.17, 15) is 0 Å². The normalized spacial score (nSPS) is 13.4. The topological polar surface area (TPSA) is 84.6 Å².